The molecule has 2 fully saturated rings. The Morgan fingerprint density at radius 1 is 0.839 bits per heavy atom. The Morgan fingerprint density at radius 3 is 2.03 bits per heavy atom. The Balaban J connectivity index is 1.26. The molecular weight excluding hydrogens is 374 g/mol. The van der Waals surface area contributed by atoms with Crippen LogP contribution in [-0.2, 0) is 6.42 Å². The second-order valence-corrected chi connectivity index (χ2v) is 9.87. The number of aryl methyl sites for hydroxylation is 1. The van der Waals surface area contributed by atoms with Crippen LogP contribution < -0.4 is 0 Å². The summed E-state index contributed by atoms with van der Waals surface area (Å²) in [6.45, 7) is 6.21. The number of pyridine rings is 1. The molecule has 164 valence electrons. The van der Waals surface area contributed by atoms with E-state index >= 15 is 0 Å². The average molecular weight is 414 g/mol. The van der Waals surface area contributed by atoms with E-state index in [0.717, 1.165) is 35.8 Å². The standard InChI is InChI=1S/C30H39N/c1-3-5-26-14-21-30(31-22-26)29-19-12-25(13-20-29)7-6-24-10-17-28(18-11-24)27-15-8-23(4-2)9-16-27/h4,6-7,12-14,19-24,27-28H,2-3,5,8-11,15-18H2,1H3/b7-6+. The Kier molecular flexibility index (Phi) is 7.78. The van der Waals surface area contributed by atoms with E-state index in [-0.39, 0.29) is 0 Å². The van der Waals surface area contributed by atoms with Crippen molar-refractivity contribution < 1.29 is 0 Å². The van der Waals surface area contributed by atoms with Gasteiger partial charge in [-0.25, -0.2) is 0 Å². The van der Waals surface area contributed by atoms with E-state index in [4.69, 9.17) is 0 Å². The molecule has 0 radical (unpaired) electrons. The highest BCUT2D eigenvalue weighted by atomic mass is 14.7. The predicted molar refractivity (Wildman–Crippen MR) is 134 cm³/mol. The van der Waals surface area contributed by atoms with Crippen molar-refractivity contribution in [3.63, 3.8) is 0 Å². The molecule has 1 heterocycles. The first-order valence-electron chi connectivity index (χ1n) is 12.6. The quantitative estimate of drug-likeness (QED) is 0.414. The number of hydrogen-bond donors (Lipinski definition) is 0. The molecular formula is C30H39N. The fourth-order valence-electron chi connectivity index (χ4n) is 5.70. The summed E-state index contributed by atoms with van der Waals surface area (Å²) in [7, 11) is 0. The summed E-state index contributed by atoms with van der Waals surface area (Å²) in [4.78, 5) is 4.65. The number of aromatic nitrogens is 1. The van der Waals surface area contributed by atoms with Crippen LogP contribution in [0.5, 0.6) is 0 Å². The first kappa shape index (κ1) is 22.1. The van der Waals surface area contributed by atoms with Crippen LogP contribution in [0.2, 0.25) is 0 Å². The Bertz CT molecular complexity index is 829. The summed E-state index contributed by atoms with van der Waals surface area (Å²) in [5, 5.41) is 0. The topological polar surface area (TPSA) is 12.9 Å². The molecule has 1 nitrogen and oxygen atoms in total. The van der Waals surface area contributed by atoms with E-state index < -0.39 is 0 Å². The van der Waals surface area contributed by atoms with Gasteiger partial charge in [0.1, 0.15) is 0 Å². The van der Waals surface area contributed by atoms with Crippen molar-refractivity contribution >= 4 is 6.08 Å². The van der Waals surface area contributed by atoms with Crippen LogP contribution >= 0.6 is 0 Å². The van der Waals surface area contributed by atoms with Crippen molar-refractivity contribution in [3.05, 3.63) is 72.5 Å². The van der Waals surface area contributed by atoms with Crippen LogP contribution in [0.1, 0.15) is 75.8 Å². The maximum absolute atomic E-state index is 4.65. The minimum Gasteiger partial charge on any atom is -0.256 e. The number of nitrogens with zero attached hydrogens (tertiary/aromatic N) is 1. The van der Waals surface area contributed by atoms with E-state index in [9.17, 15) is 0 Å². The highest BCUT2D eigenvalue weighted by Gasteiger charge is 2.29. The molecule has 2 saturated carbocycles. The number of allylic oxidation sites excluding steroid dienone is 2. The molecule has 2 aromatic rings. The van der Waals surface area contributed by atoms with Crippen molar-refractivity contribution in [2.45, 2.75) is 71.1 Å². The van der Waals surface area contributed by atoms with E-state index in [1.807, 2.05) is 6.20 Å². The third-order valence-electron chi connectivity index (χ3n) is 7.76. The van der Waals surface area contributed by atoms with Gasteiger partial charge in [0.05, 0.1) is 5.69 Å². The number of hydrogen-bond acceptors (Lipinski definition) is 1. The van der Waals surface area contributed by atoms with Gasteiger partial charge in [-0.15, -0.1) is 6.58 Å². The Hall–Kier alpha value is -2.15. The number of benzene rings is 1. The second kappa shape index (κ2) is 10.9. The van der Waals surface area contributed by atoms with Crippen LogP contribution in [0.25, 0.3) is 17.3 Å². The lowest BCUT2D eigenvalue weighted by Crippen LogP contribution is -2.25. The zero-order valence-electron chi connectivity index (χ0n) is 19.3. The molecule has 1 aromatic carbocycles. The molecule has 0 saturated heterocycles. The first-order chi connectivity index (χ1) is 15.2. The van der Waals surface area contributed by atoms with E-state index in [1.54, 1.807) is 0 Å². The molecule has 0 N–H and O–H groups in total. The van der Waals surface area contributed by atoms with Gasteiger partial charge in [0.2, 0.25) is 0 Å². The van der Waals surface area contributed by atoms with Gasteiger partial charge < -0.3 is 0 Å². The van der Waals surface area contributed by atoms with Crippen LogP contribution in [0.4, 0.5) is 0 Å². The Labute approximate surface area is 189 Å². The zero-order valence-corrected chi connectivity index (χ0v) is 19.3. The summed E-state index contributed by atoms with van der Waals surface area (Å²) >= 11 is 0. The molecule has 0 bridgehead atoms. The lowest BCUT2D eigenvalue weighted by molar-refractivity contribution is 0.167. The molecule has 1 aromatic heterocycles. The predicted octanol–water partition coefficient (Wildman–Crippen LogP) is 8.51. The van der Waals surface area contributed by atoms with Crippen molar-refractivity contribution in [2.75, 3.05) is 0 Å². The highest BCUT2D eigenvalue weighted by molar-refractivity contribution is 5.62. The van der Waals surface area contributed by atoms with Crippen molar-refractivity contribution in [3.8, 4) is 11.3 Å². The SMILES string of the molecule is C=CC1CCC(C2CCC(/C=C/c3ccc(-c4ccc(CCC)cn4)cc3)CC2)CC1. The molecule has 0 spiro atoms. The smallest absolute Gasteiger partial charge is 0.0702 e. The van der Waals surface area contributed by atoms with Crippen LogP contribution in [0.15, 0.2) is 61.3 Å². The van der Waals surface area contributed by atoms with Gasteiger partial charge in [-0.3, -0.25) is 4.98 Å². The Morgan fingerprint density at radius 2 is 1.48 bits per heavy atom. The fourth-order valence-corrected chi connectivity index (χ4v) is 5.70. The first-order valence-corrected chi connectivity index (χ1v) is 12.6. The number of rotatable bonds is 7. The largest absolute Gasteiger partial charge is 0.256 e. The lowest BCUT2D eigenvalue weighted by atomic mass is 9.69. The molecule has 31 heavy (non-hydrogen) atoms. The van der Waals surface area contributed by atoms with Gasteiger partial charge in [0.25, 0.3) is 0 Å². The van der Waals surface area contributed by atoms with Gasteiger partial charge in [-0.2, -0.15) is 0 Å². The third-order valence-corrected chi connectivity index (χ3v) is 7.76. The molecule has 0 atom stereocenters. The molecule has 1 heteroatoms. The summed E-state index contributed by atoms with van der Waals surface area (Å²) in [6.07, 6.45) is 22.5. The molecule has 2 aliphatic rings. The van der Waals surface area contributed by atoms with Gasteiger partial charge in [0, 0.05) is 11.8 Å². The summed E-state index contributed by atoms with van der Waals surface area (Å²) < 4.78 is 0. The van der Waals surface area contributed by atoms with E-state index in [2.05, 4.69) is 73.1 Å². The minimum absolute atomic E-state index is 0.758. The zero-order chi connectivity index (χ0) is 21.5. The maximum atomic E-state index is 4.65. The van der Waals surface area contributed by atoms with E-state index in [1.165, 1.54) is 74.5 Å². The average Bonchev–Trinajstić information content (AvgIpc) is 2.84. The molecule has 4 rings (SSSR count). The normalized spacial score (nSPS) is 26.7. The summed E-state index contributed by atoms with van der Waals surface area (Å²) in [6, 6.07) is 13.2. The molecule has 0 amide bonds. The second-order valence-electron chi connectivity index (χ2n) is 9.87. The van der Waals surface area contributed by atoms with Crippen LogP contribution in [0, 0.1) is 23.7 Å². The van der Waals surface area contributed by atoms with Gasteiger partial charge >= 0.3 is 0 Å². The van der Waals surface area contributed by atoms with Crippen molar-refractivity contribution in [1.82, 2.24) is 4.98 Å². The fraction of sp³-hybridized carbons (Fsp3) is 0.500. The van der Waals surface area contributed by atoms with Crippen molar-refractivity contribution in [1.29, 1.82) is 0 Å². The molecule has 2 aliphatic carbocycles. The van der Waals surface area contributed by atoms with Crippen LogP contribution in [0.3, 0.4) is 0 Å². The molecule has 0 unspecified atom stereocenters. The monoisotopic (exact) mass is 413 g/mol. The minimum atomic E-state index is 0.758. The third kappa shape index (κ3) is 5.97. The molecule has 0 aliphatic heterocycles. The highest BCUT2D eigenvalue weighted by Crippen LogP contribution is 2.41. The van der Waals surface area contributed by atoms with E-state index in [0.29, 0.717) is 0 Å². The summed E-state index contributed by atoms with van der Waals surface area (Å²) in [5.41, 5.74) is 4.89. The summed E-state index contributed by atoms with van der Waals surface area (Å²) in [5.74, 6) is 3.51. The lowest BCUT2D eigenvalue weighted by Gasteiger charge is -2.36. The van der Waals surface area contributed by atoms with Gasteiger partial charge in [0.15, 0.2) is 0 Å². The van der Waals surface area contributed by atoms with Gasteiger partial charge in [-0.05, 0) is 98.7 Å². The maximum Gasteiger partial charge on any atom is 0.0702 e. The van der Waals surface area contributed by atoms with Crippen molar-refractivity contribution in [2.24, 2.45) is 23.7 Å². The van der Waals surface area contributed by atoms with Gasteiger partial charge in [-0.1, -0.05) is 61.9 Å². The van der Waals surface area contributed by atoms with Crippen LogP contribution in [-0.4, -0.2) is 4.98 Å².